The second kappa shape index (κ2) is 10.6. The van der Waals surface area contributed by atoms with Crippen molar-refractivity contribution in [2.24, 2.45) is 0 Å². The van der Waals surface area contributed by atoms with Gasteiger partial charge in [-0.3, -0.25) is 0 Å². The third-order valence-corrected chi connectivity index (χ3v) is 6.27. The Morgan fingerprint density at radius 1 is 1.03 bits per heavy atom. The average molecular weight is 506 g/mol. The molecule has 0 aliphatic carbocycles. The van der Waals surface area contributed by atoms with Crippen molar-refractivity contribution in [1.29, 1.82) is 0 Å². The van der Waals surface area contributed by atoms with Crippen LogP contribution in [0, 0.1) is 0 Å². The molecule has 6 heteroatoms. The first-order chi connectivity index (χ1) is 14.1. The summed E-state index contributed by atoms with van der Waals surface area (Å²) in [5, 5.41) is 0. The molecule has 1 heterocycles. The van der Waals surface area contributed by atoms with Gasteiger partial charge in [-0.15, -0.1) is 0 Å². The average Bonchev–Trinajstić information content (AvgIpc) is 2.75. The van der Waals surface area contributed by atoms with Gasteiger partial charge in [0.05, 0.1) is 12.6 Å². The maximum Gasteiger partial charge on any atom is 0.418 e. The highest BCUT2D eigenvalue weighted by Crippen LogP contribution is 2.29. The van der Waals surface area contributed by atoms with Crippen LogP contribution in [0.25, 0.3) is 0 Å². The third-order valence-electron chi connectivity index (χ3n) is 5.25. The van der Waals surface area contributed by atoms with Crippen molar-refractivity contribution in [1.82, 2.24) is 9.80 Å². The van der Waals surface area contributed by atoms with Crippen molar-refractivity contribution in [2.75, 3.05) is 11.0 Å². The van der Waals surface area contributed by atoms with E-state index < -0.39 is 6.09 Å². The first kappa shape index (κ1) is 21.6. The molecule has 2 atom stereocenters. The number of urea groups is 1. The maximum absolute atomic E-state index is 13.4. The van der Waals surface area contributed by atoms with E-state index in [0.29, 0.717) is 11.0 Å². The largest absolute Gasteiger partial charge is 0.449 e. The standard InChI is InChI=1S/C23H27IN2O3/c1-2-29-23(28)26-21(16-24)15-20(14-13-18-9-5-3-6-10-18)25(22(26)27)17-19-11-7-4-8-12-19/h3-12,20-21H,2,13-17H2,1H3. The Balaban J connectivity index is 1.83. The molecule has 1 saturated heterocycles. The van der Waals surface area contributed by atoms with Crippen molar-refractivity contribution in [3.05, 3.63) is 71.8 Å². The van der Waals surface area contributed by atoms with Crippen molar-refractivity contribution in [3.63, 3.8) is 0 Å². The van der Waals surface area contributed by atoms with Crippen molar-refractivity contribution in [2.45, 2.75) is 44.8 Å². The molecule has 0 bridgehead atoms. The molecule has 2 aromatic carbocycles. The van der Waals surface area contributed by atoms with Crippen molar-refractivity contribution >= 4 is 34.7 Å². The van der Waals surface area contributed by atoms with Crippen LogP contribution in [0.1, 0.15) is 30.9 Å². The number of benzene rings is 2. The summed E-state index contributed by atoms with van der Waals surface area (Å²) in [6, 6.07) is 19.9. The number of ether oxygens (including phenoxy) is 1. The van der Waals surface area contributed by atoms with Gasteiger partial charge in [0.1, 0.15) is 0 Å². The molecule has 1 aliphatic heterocycles. The number of hydrogen-bond donors (Lipinski definition) is 0. The molecule has 2 aromatic rings. The van der Waals surface area contributed by atoms with Crippen LogP contribution in [0.2, 0.25) is 0 Å². The molecular formula is C23H27IN2O3. The summed E-state index contributed by atoms with van der Waals surface area (Å²) in [5.74, 6) is 0. The Morgan fingerprint density at radius 3 is 2.24 bits per heavy atom. The smallest absolute Gasteiger partial charge is 0.418 e. The number of halogens is 1. The molecule has 2 unspecified atom stereocenters. The quantitative estimate of drug-likeness (QED) is 0.380. The monoisotopic (exact) mass is 506 g/mol. The van der Waals surface area contributed by atoms with E-state index in [1.807, 2.05) is 53.4 Å². The second-order valence-electron chi connectivity index (χ2n) is 7.19. The van der Waals surface area contributed by atoms with Gasteiger partial charge in [0, 0.05) is 17.0 Å². The van der Waals surface area contributed by atoms with Gasteiger partial charge < -0.3 is 9.64 Å². The van der Waals surface area contributed by atoms with Crippen LogP contribution in [-0.4, -0.2) is 45.0 Å². The molecule has 3 rings (SSSR count). The van der Waals surface area contributed by atoms with Crippen molar-refractivity contribution in [3.8, 4) is 0 Å². The number of carbonyl (C=O) groups excluding carboxylic acids is 2. The van der Waals surface area contributed by atoms with Crippen LogP contribution < -0.4 is 0 Å². The van der Waals surface area contributed by atoms with Gasteiger partial charge in [-0.1, -0.05) is 83.3 Å². The van der Waals surface area contributed by atoms with E-state index in [9.17, 15) is 9.59 Å². The lowest BCUT2D eigenvalue weighted by Crippen LogP contribution is -2.60. The van der Waals surface area contributed by atoms with Crippen LogP contribution in [0.15, 0.2) is 60.7 Å². The summed E-state index contributed by atoms with van der Waals surface area (Å²) in [4.78, 5) is 29.1. The predicted octanol–water partition coefficient (Wildman–Crippen LogP) is 5.28. The molecule has 3 amide bonds. The van der Waals surface area contributed by atoms with Gasteiger partial charge in [0.2, 0.25) is 0 Å². The topological polar surface area (TPSA) is 49.9 Å². The molecule has 0 aromatic heterocycles. The number of carbonyl (C=O) groups is 2. The summed E-state index contributed by atoms with van der Waals surface area (Å²) >= 11 is 2.25. The van der Waals surface area contributed by atoms with Gasteiger partial charge in [-0.2, -0.15) is 0 Å². The van der Waals surface area contributed by atoms with Crippen LogP contribution >= 0.6 is 22.6 Å². The first-order valence-electron chi connectivity index (χ1n) is 10.0. The molecule has 0 spiro atoms. The van der Waals surface area contributed by atoms with Gasteiger partial charge in [-0.25, -0.2) is 14.5 Å². The van der Waals surface area contributed by atoms with E-state index in [0.717, 1.165) is 24.8 Å². The number of imide groups is 1. The molecular weight excluding hydrogens is 479 g/mol. The number of nitrogens with zero attached hydrogens (tertiary/aromatic N) is 2. The van der Waals surface area contributed by atoms with Crippen LogP contribution in [0.4, 0.5) is 9.59 Å². The Labute approximate surface area is 186 Å². The molecule has 1 fully saturated rings. The zero-order valence-electron chi connectivity index (χ0n) is 16.7. The van der Waals surface area contributed by atoms with Gasteiger partial charge in [0.15, 0.2) is 0 Å². The summed E-state index contributed by atoms with van der Waals surface area (Å²) in [7, 11) is 0. The van der Waals surface area contributed by atoms with Crippen LogP contribution in [0.5, 0.6) is 0 Å². The number of aryl methyl sites for hydroxylation is 1. The zero-order valence-corrected chi connectivity index (χ0v) is 18.8. The summed E-state index contributed by atoms with van der Waals surface area (Å²) < 4.78 is 5.88. The minimum absolute atomic E-state index is 0.0772. The molecule has 29 heavy (non-hydrogen) atoms. The van der Waals surface area contributed by atoms with E-state index in [4.69, 9.17) is 4.74 Å². The van der Waals surface area contributed by atoms with Crippen molar-refractivity contribution < 1.29 is 14.3 Å². The fraction of sp³-hybridized carbons (Fsp3) is 0.391. The highest BCUT2D eigenvalue weighted by Gasteiger charge is 2.42. The number of amides is 3. The van der Waals surface area contributed by atoms with E-state index in [-0.39, 0.29) is 24.7 Å². The Bertz CT molecular complexity index is 800. The van der Waals surface area contributed by atoms with Gasteiger partial charge in [0.25, 0.3) is 0 Å². The second-order valence-corrected chi connectivity index (χ2v) is 8.07. The molecule has 154 valence electrons. The summed E-state index contributed by atoms with van der Waals surface area (Å²) in [6.07, 6.45) is 1.98. The summed E-state index contributed by atoms with van der Waals surface area (Å²) in [6.45, 7) is 2.51. The first-order valence-corrected chi connectivity index (χ1v) is 11.6. The molecule has 1 aliphatic rings. The Kier molecular flexibility index (Phi) is 7.91. The Morgan fingerprint density at radius 2 is 1.66 bits per heavy atom. The molecule has 0 radical (unpaired) electrons. The lowest BCUT2D eigenvalue weighted by molar-refractivity contribution is 0.0514. The van der Waals surface area contributed by atoms with E-state index >= 15 is 0 Å². The van der Waals surface area contributed by atoms with Gasteiger partial charge in [-0.05, 0) is 37.3 Å². The predicted molar refractivity (Wildman–Crippen MR) is 122 cm³/mol. The number of rotatable bonds is 7. The SMILES string of the molecule is CCOC(=O)N1C(=O)N(Cc2ccccc2)C(CCc2ccccc2)CC1CI. The Hall–Kier alpha value is -2.09. The minimum Gasteiger partial charge on any atom is -0.449 e. The third kappa shape index (κ3) is 5.50. The molecule has 0 N–H and O–H groups in total. The molecule has 0 saturated carbocycles. The zero-order chi connectivity index (χ0) is 20.6. The van der Waals surface area contributed by atoms with Gasteiger partial charge >= 0.3 is 12.1 Å². The fourth-order valence-corrected chi connectivity index (χ4v) is 4.53. The van der Waals surface area contributed by atoms with Crippen LogP contribution in [-0.2, 0) is 17.7 Å². The highest BCUT2D eigenvalue weighted by molar-refractivity contribution is 14.1. The number of hydrogen-bond acceptors (Lipinski definition) is 3. The lowest BCUT2D eigenvalue weighted by atomic mass is 9.95. The molecule has 5 nitrogen and oxygen atoms in total. The summed E-state index contributed by atoms with van der Waals surface area (Å²) in [5.41, 5.74) is 2.32. The number of alkyl halides is 1. The van der Waals surface area contributed by atoms with Crippen LogP contribution in [0.3, 0.4) is 0 Å². The van der Waals surface area contributed by atoms with E-state index in [1.165, 1.54) is 10.5 Å². The lowest BCUT2D eigenvalue weighted by Gasteiger charge is -2.44. The van der Waals surface area contributed by atoms with E-state index in [1.54, 1.807) is 6.92 Å². The normalized spacial score (nSPS) is 19.3. The van der Waals surface area contributed by atoms with E-state index in [2.05, 4.69) is 34.7 Å². The fourth-order valence-electron chi connectivity index (χ4n) is 3.78. The minimum atomic E-state index is -0.543. The maximum atomic E-state index is 13.4. The highest BCUT2D eigenvalue weighted by atomic mass is 127.